The van der Waals surface area contributed by atoms with E-state index in [4.69, 9.17) is 4.99 Å². The Labute approximate surface area is 172 Å². The van der Waals surface area contributed by atoms with Crippen molar-refractivity contribution < 1.29 is 0 Å². The molecule has 0 spiro atoms. The standard InChI is InChI=1S/C18H29N5S.HI/c1-3-16-13-21-17(24-16)7-9-20-18(19-4-2)23-12-8-15(14-23)22-10-5-6-11-22;/h5-6,13,15H,3-4,7-12,14H2,1-2H3,(H,19,20);1H. The summed E-state index contributed by atoms with van der Waals surface area (Å²) in [5.74, 6) is 1.07. The maximum Gasteiger partial charge on any atom is 0.193 e. The van der Waals surface area contributed by atoms with Gasteiger partial charge in [-0.05, 0) is 19.8 Å². The van der Waals surface area contributed by atoms with Crippen LogP contribution < -0.4 is 5.32 Å². The number of nitrogens with one attached hydrogen (secondary N) is 1. The monoisotopic (exact) mass is 475 g/mol. The summed E-state index contributed by atoms with van der Waals surface area (Å²) in [5, 5.41) is 4.67. The molecular formula is C18H30IN5S. The number of aryl methyl sites for hydroxylation is 1. The largest absolute Gasteiger partial charge is 0.357 e. The van der Waals surface area contributed by atoms with E-state index < -0.39 is 0 Å². The molecule has 0 aromatic carbocycles. The van der Waals surface area contributed by atoms with Gasteiger partial charge in [0, 0.05) is 62.8 Å². The fourth-order valence-corrected chi connectivity index (χ4v) is 4.19. The molecular weight excluding hydrogens is 445 g/mol. The first-order valence-electron chi connectivity index (χ1n) is 9.16. The number of aromatic nitrogens is 1. The van der Waals surface area contributed by atoms with Gasteiger partial charge in [-0.2, -0.15) is 0 Å². The Balaban J connectivity index is 0.00000225. The molecule has 7 heteroatoms. The number of aliphatic imine (C=N–C) groups is 1. The van der Waals surface area contributed by atoms with Crippen LogP contribution in [0.3, 0.4) is 0 Å². The molecule has 3 rings (SSSR count). The highest BCUT2D eigenvalue weighted by molar-refractivity contribution is 14.0. The van der Waals surface area contributed by atoms with Crippen molar-refractivity contribution >= 4 is 41.3 Å². The maximum atomic E-state index is 4.85. The Morgan fingerprint density at radius 1 is 1.36 bits per heavy atom. The summed E-state index contributed by atoms with van der Waals surface area (Å²) in [6, 6.07) is 0.662. The van der Waals surface area contributed by atoms with Crippen LogP contribution in [0.2, 0.25) is 0 Å². The average Bonchev–Trinajstić information content (AvgIpc) is 3.33. The number of hydrogen-bond acceptors (Lipinski definition) is 4. The minimum Gasteiger partial charge on any atom is -0.357 e. The van der Waals surface area contributed by atoms with E-state index in [0.29, 0.717) is 6.04 Å². The van der Waals surface area contributed by atoms with E-state index in [9.17, 15) is 0 Å². The molecule has 5 nitrogen and oxygen atoms in total. The summed E-state index contributed by atoms with van der Waals surface area (Å²) < 4.78 is 0. The summed E-state index contributed by atoms with van der Waals surface area (Å²) in [6.07, 6.45) is 9.81. The van der Waals surface area contributed by atoms with Crippen LogP contribution in [0.4, 0.5) is 0 Å². The molecule has 2 aliphatic heterocycles. The van der Waals surface area contributed by atoms with Gasteiger partial charge in [-0.1, -0.05) is 19.1 Å². The maximum absolute atomic E-state index is 4.85. The van der Waals surface area contributed by atoms with Crippen molar-refractivity contribution in [1.29, 1.82) is 0 Å². The first-order chi connectivity index (χ1) is 11.8. The Hall–Kier alpha value is -0.670. The Kier molecular flexibility index (Phi) is 8.65. The minimum atomic E-state index is 0. The molecule has 1 saturated heterocycles. The molecule has 1 aromatic heterocycles. The van der Waals surface area contributed by atoms with Gasteiger partial charge in [-0.25, -0.2) is 4.98 Å². The molecule has 1 atom stereocenters. The van der Waals surface area contributed by atoms with Gasteiger partial charge in [0.25, 0.3) is 0 Å². The second-order valence-corrected chi connectivity index (χ2v) is 7.57. The number of hydrogen-bond donors (Lipinski definition) is 1. The highest BCUT2D eigenvalue weighted by Gasteiger charge is 2.29. The summed E-state index contributed by atoms with van der Waals surface area (Å²) in [6.45, 7) is 10.5. The molecule has 1 fully saturated rings. The number of guanidine groups is 1. The first kappa shape index (κ1) is 20.6. The molecule has 1 unspecified atom stereocenters. The molecule has 0 bridgehead atoms. The lowest BCUT2D eigenvalue weighted by Crippen LogP contribution is -2.43. The van der Waals surface area contributed by atoms with Crippen molar-refractivity contribution in [2.24, 2.45) is 4.99 Å². The van der Waals surface area contributed by atoms with Gasteiger partial charge >= 0.3 is 0 Å². The molecule has 140 valence electrons. The van der Waals surface area contributed by atoms with Crippen molar-refractivity contribution in [3.8, 4) is 0 Å². The van der Waals surface area contributed by atoms with E-state index >= 15 is 0 Å². The smallest absolute Gasteiger partial charge is 0.193 e. The molecule has 0 radical (unpaired) electrons. The molecule has 0 amide bonds. The molecule has 0 aliphatic carbocycles. The van der Waals surface area contributed by atoms with E-state index in [0.717, 1.165) is 58.1 Å². The van der Waals surface area contributed by atoms with Crippen LogP contribution in [0, 0.1) is 0 Å². The van der Waals surface area contributed by atoms with Gasteiger partial charge in [-0.15, -0.1) is 35.3 Å². The fraction of sp³-hybridized carbons (Fsp3) is 0.667. The van der Waals surface area contributed by atoms with E-state index in [2.05, 4.69) is 46.1 Å². The number of thiazole rings is 1. The summed E-state index contributed by atoms with van der Waals surface area (Å²) in [5.41, 5.74) is 0. The lowest BCUT2D eigenvalue weighted by molar-refractivity contribution is 0.259. The highest BCUT2D eigenvalue weighted by Crippen LogP contribution is 2.18. The summed E-state index contributed by atoms with van der Waals surface area (Å²) >= 11 is 1.82. The van der Waals surface area contributed by atoms with Crippen LogP contribution in [-0.2, 0) is 12.8 Å². The van der Waals surface area contributed by atoms with Crippen molar-refractivity contribution in [3.63, 3.8) is 0 Å². The number of nitrogens with zero attached hydrogens (tertiary/aromatic N) is 4. The topological polar surface area (TPSA) is 43.8 Å². The van der Waals surface area contributed by atoms with E-state index in [1.807, 2.05) is 17.5 Å². The average molecular weight is 475 g/mol. The lowest BCUT2D eigenvalue weighted by atomic mass is 10.2. The second kappa shape index (κ2) is 10.5. The van der Waals surface area contributed by atoms with E-state index in [1.54, 1.807) is 0 Å². The van der Waals surface area contributed by atoms with Gasteiger partial charge in [0.15, 0.2) is 5.96 Å². The van der Waals surface area contributed by atoms with Crippen LogP contribution in [0.25, 0.3) is 0 Å². The van der Waals surface area contributed by atoms with Crippen LogP contribution in [0.5, 0.6) is 0 Å². The molecule has 0 saturated carbocycles. The second-order valence-electron chi connectivity index (χ2n) is 6.37. The quantitative estimate of drug-likeness (QED) is 0.298. The van der Waals surface area contributed by atoms with Crippen molar-refractivity contribution in [1.82, 2.24) is 20.1 Å². The van der Waals surface area contributed by atoms with Gasteiger partial charge in [0.05, 0.1) is 5.01 Å². The van der Waals surface area contributed by atoms with E-state index in [-0.39, 0.29) is 24.0 Å². The minimum absolute atomic E-state index is 0. The Morgan fingerprint density at radius 3 is 2.84 bits per heavy atom. The zero-order valence-electron chi connectivity index (χ0n) is 15.3. The van der Waals surface area contributed by atoms with Crippen LogP contribution >= 0.6 is 35.3 Å². The zero-order chi connectivity index (χ0) is 16.8. The molecule has 1 N–H and O–H groups in total. The molecule has 25 heavy (non-hydrogen) atoms. The van der Waals surface area contributed by atoms with Crippen LogP contribution in [0.15, 0.2) is 23.3 Å². The van der Waals surface area contributed by atoms with Crippen molar-refractivity contribution in [3.05, 3.63) is 28.2 Å². The predicted octanol–water partition coefficient (Wildman–Crippen LogP) is 2.78. The fourth-order valence-electron chi connectivity index (χ4n) is 3.34. The van der Waals surface area contributed by atoms with Gasteiger partial charge in [-0.3, -0.25) is 9.89 Å². The normalized spacial score (nSPS) is 21.0. The third-order valence-electron chi connectivity index (χ3n) is 4.70. The third kappa shape index (κ3) is 5.65. The molecule has 2 aliphatic rings. The van der Waals surface area contributed by atoms with Crippen molar-refractivity contribution in [2.45, 2.75) is 39.2 Å². The van der Waals surface area contributed by atoms with E-state index in [1.165, 1.54) is 16.3 Å². The Morgan fingerprint density at radius 2 is 2.16 bits per heavy atom. The molecule has 1 aromatic rings. The zero-order valence-corrected chi connectivity index (χ0v) is 18.4. The number of rotatable bonds is 6. The van der Waals surface area contributed by atoms with Crippen LogP contribution in [-0.4, -0.2) is 66.1 Å². The number of halogens is 1. The van der Waals surface area contributed by atoms with Gasteiger partial charge in [0.2, 0.25) is 0 Å². The summed E-state index contributed by atoms with van der Waals surface area (Å²) in [4.78, 5) is 15.7. The third-order valence-corrected chi connectivity index (χ3v) is 5.90. The SMILES string of the molecule is CCNC(=NCCc1ncc(CC)s1)N1CCC(N2CC=CC2)C1.I. The van der Waals surface area contributed by atoms with Crippen molar-refractivity contribution in [2.75, 3.05) is 39.3 Å². The van der Waals surface area contributed by atoms with Crippen LogP contribution in [0.1, 0.15) is 30.2 Å². The first-order valence-corrected chi connectivity index (χ1v) is 9.97. The van der Waals surface area contributed by atoms with Gasteiger partial charge < -0.3 is 10.2 Å². The summed E-state index contributed by atoms with van der Waals surface area (Å²) in [7, 11) is 0. The Bertz CT molecular complexity index is 578. The van der Waals surface area contributed by atoms with Gasteiger partial charge in [0.1, 0.15) is 0 Å². The lowest BCUT2D eigenvalue weighted by Gasteiger charge is -2.25. The highest BCUT2D eigenvalue weighted by atomic mass is 127. The number of likely N-dealkylation sites (tertiary alicyclic amines) is 1. The predicted molar refractivity (Wildman–Crippen MR) is 117 cm³/mol. The molecule has 3 heterocycles.